The number of aromatic nitrogens is 2. The number of nitrogens with one attached hydrogen (secondary N) is 2. The Kier molecular flexibility index (Phi) is 4.28. The molecule has 0 aromatic carbocycles. The number of hydrogen-bond acceptors (Lipinski definition) is 4. The summed E-state index contributed by atoms with van der Waals surface area (Å²) >= 11 is 0. The van der Waals surface area contributed by atoms with Gasteiger partial charge < -0.3 is 16.0 Å². The molecule has 0 aliphatic carbocycles. The quantitative estimate of drug-likeness (QED) is 0.724. The Morgan fingerprint density at radius 2 is 2.18 bits per heavy atom. The molecule has 0 fully saturated rings. The summed E-state index contributed by atoms with van der Waals surface area (Å²) in [7, 11) is 0. The molecular weight excluding hydrogens is 216 g/mol. The van der Waals surface area contributed by atoms with E-state index in [1.807, 2.05) is 27.7 Å². The van der Waals surface area contributed by atoms with Gasteiger partial charge in [-0.3, -0.25) is 4.79 Å². The first kappa shape index (κ1) is 13.7. The van der Waals surface area contributed by atoms with E-state index in [4.69, 9.17) is 5.73 Å². The van der Waals surface area contributed by atoms with E-state index in [1.54, 1.807) is 0 Å². The van der Waals surface area contributed by atoms with Crippen LogP contribution in [0.3, 0.4) is 0 Å². The first-order valence-electron chi connectivity index (χ1n) is 5.93. The van der Waals surface area contributed by atoms with Crippen LogP contribution in [0.4, 0.5) is 5.82 Å². The lowest BCUT2D eigenvalue weighted by Gasteiger charge is -2.26. The van der Waals surface area contributed by atoms with Crippen molar-refractivity contribution < 1.29 is 0 Å². The van der Waals surface area contributed by atoms with Gasteiger partial charge in [0.15, 0.2) is 0 Å². The fourth-order valence-corrected chi connectivity index (χ4v) is 1.58. The standard InChI is InChI=1S/C12H22N4O/c1-8(2)11-14-9(7-10(17)15-11)16-12(3,4)5-6-13/h7-8H,5-6,13H2,1-4H3,(H2,14,15,16,17). The van der Waals surface area contributed by atoms with E-state index in [9.17, 15) is 4.79 Å². The van der Waals surface area contributed by atoms with E-state index >= 15 is 0 Å². The average Bonchev–Trinajstić information content (AvgIpc) is 2.15. The molecule has 0 saturated heterocycles. The largest absolute Gasteiger partial charge is 0.365 e. The van der Waals surface area contributed by atoms with Gasteiger partial charge in [-0.05, 0) is 26.8 Å². The van der Waals surface area contributed by atoms with Gasteiger partial charge in [-0.2, -0.15) is 0 Å². The zero-order valence-electron chi connectivity index (χ0n) is 11.0. The molecule has 0 atom stereocenters. The van der Waals surface area contributed by atoms with Gasteiger partial charge in [0.1, 0.15) is 11.6 Å². The van der Waals surface area contributed by atoms with Crippen LogP contribution in [0.2, 0.25) is 0 Å². The number of anilines is 1. The Morgan fingerprint density at radius 1 is 1.53 bits per heavy atom. The molecule has 0 radical (unpaired) electrons. The third kappa shape index (κ3) is 4.19. The van der Waals surface area contributed by atoms with E-state index in [1.165, 1.54) is 6.07 Å². The number of H-pyrrole nitrogens is 1. The Hall–Kier alpha value is -1.36. The van der Waals surface area contributed by atoms with Gasteiger partial charge in [0.2, 0.25) is 0 Å². The maximum Gasteiger partial charge on any atom is 0.252 e. The second-order valence-electron chi connectivity index (χ2n) is 5.22. The van der Waals surface area contributed by atoms with E-state index in [-0.39, 0.29) is 17.0 Å². The van der Waals surface area contributed by atoms with E-state index in [2.05, 4.69) is 15.3 Å². The fraction of sp³-hybridized carbons (Fsp3) is 0.667. The van der Waals surface area contributed by atoms with Crippen LogP contribution >= 0.6 is 0 Å². The van der Waals surface area contributed by atoms with Gasteiger partial charge in [0, 0.05) is 17.5 Å². The lowest BCUT2D eigenvalue weighted by molar-refractivity contribution is 0.523. The molecule has 0 amide bonds. The Bertz CT molecular complexity index is 423. The molecule has 0 unspecified atom stereocenters. The summed E-state index contributed by atoms with van der Waals surface area (Å²) in [5.41, 5.74) is 5.26. The summed E-state index contributed by atoms with van der Waals surface area (Å²) in [4.78, 5) is 18.6. The van der Waals surface area contributed by atoms with Crippen molar-refractivity contribution in [2.45, 2.75) is 45.6 Å². The normalized spacial score (nSPS) is 11.9. The number of nitrogens with two attached hydrogens (primary N) is 1. The Balaban J connectivity index is 2.95. The van der Waals surface area contributed by atoms with Crippen LogP contribution in [-0.2, 0) is 0 Å². The molecule has 0 bridgehead atoms. The van der Waals surface area contributed by atoms with Gasteiger partial charge in [0.25, 0.3) is 5.56 Å². The minimum Gasteiger partial charge on any atom is -0.365 e. The van der Waals surface area contributed by atoms with Crippen molar-refractivity contribution in [2.75, 3.05) is 11.9 Å². The van der Waals surface area contributed by atoms with E-state index in [0.717, 1.165) is 6.42 Å². The van der Waals surface area contributed by atoms with E-state index in [0.29, 0.717) is 18.2 Å². The third-order valence-corrected chi connectivity index (χ3v) is 2.54. The minimum absolute atomic E-state index is 0.130. The van der Waals surface area contributed by atoms with Crippen LogP contribution in [-0.4, -0.2) is 22.1 Å². The zero-order valence-corrected chi connectivity index (χ0v) is 11.0. The highest BCUT2D eigenvalue weighted by Crippen LogP contribution is 2.16. The number of nitrogens with zero attached hydrogens (tertiary/aromatic N) is 1. The molecule has 5 heteroatoms. The van der Waals surface area contributed by atoms with Crippen LogP contribution in [0.1, 0.15) is 45.9 Å². The fourth-order valence-electron chi connectivity index (χ4n) is 1.58. The molecule has 0 spiro atoms. The van der Waals surface area contributed by atoms with Crippen LogP contribution < -0.4 is 16.6 Å². The van der Waals surface area contributed by atoms with Crippen LogP contribution in [0.25, 0.3) is 0 Å². The molecule has 1 aromatic heterocycles. The summed E-state index contributed by atoms with van der Waals surface area (Å²) in [6, 6.07) is 1.48. The highest BCUT2D eigenvalue weighted by atomic mass is 16.1. The van der Waals surface area contributed by atoms with Gasteiger partial charge in [0.05, 0.1) is 0 Å². The Labute approximate surface area is 102 Å². The summed E-state index contributed by atoms with van der Waals surface area (Å²) < 4.78 is 0. The topological polar surface area (TPSA) is 83.8 Å². The van der Waals surface area contributed by atoms with Crippen molar-refractivity contribution in [2.24, 2.45) is 5.73 Å². The summed E-state index contributed by atoms with van der Waals surface area (Å²) in [5.74, 6) is 1.50. The van der Waals surface area contributed by atoms with Crippen LogP contribution in [0.15, 0.2) is 10.9 Å². The smallest absolute Gasteiger partial charge is 0.252 e. The number of rotatable bonds is 5. The molecule has 0 aliphatic heterocycles. The van der Waals surface area contributed by atoms with Crippen molar-refractivity contribution in [3.63, 3.8) is 0 Å². The van der Waals surface area contributed by atoms with Crippen molar-refractivity contribution in [3.05, 3.63) is 22.2 Å². The highest BCUT2D eigenvalue weighted by molar-refractivity contribution is 5.36. The average molecular weight is 238 g/mol. The molecule has 1 rings (SSSR count). The maximum absolute atomic E-state index is 11.5. The number of hydrogen-bond donors (Lipinski definition) is 3. The second kappa shape index (κ2) is 5.31. The monoisotopic (exact) mass is 238 g/mol. The van der Waals surface area contributed by atoms with E-state index < -0.39 is 0 Å². The minimum atomic E-state index is -0.163. The lowest BCUT2D eigenvalue weighted by atomic mass is 10.0. The molecule has 0 saturated carbocycles. The van der Waals surface area contributed by atoms with Crippen LogP contribution in [0.5, 0.6) is 0 Å². The SMILES string of the molecule is CC(C)c1nc(NC(C)(C)CCN)cc(=O)[nH]1. The molecule has 0 aliphatic rings. The molecule has 1 aromatic rings. The molecular formula is C12H22N4O. The maximum atomic E-state index is 11.5. The van der Waals surface area contributed by atoms with Gasteiger partial charge >= 0.3 is 0 Å². The summed E-state index contributed by atoms with van der Waals surface area (Å²) in [6.07, 6.45) is 0.818. The second-order valence-corrected chi connectivity index (χ2v) is 5.22. The van der Waals surface area contributed by atoms with Crippen LogP contribution in [0, 0.1) is 0 Å². The molecule has 96 valence electrons. The predicted octanol–water partition coefficient (Wildman–Crippen LogP) is 1.43. The Morgan fingerprint density at radius 3 is 2.71 bits per heavy atom. The highest BCUT2D eigenvalue weighted by Gasteiger charge is 2.17. The van der Waals surface area contributed by atoms with Crippen molar-refractivity contribution in [1.82, 2.24) is 9.97 Å². The zero-order chi connectivity index (χ0) is 13.1. The third-order valence-electron chi connectivity index (χ3n) is 2.54. The first-order valence-corrected chi connectivity index (χ1v) is 5.93. The van der Waals surface area contributed by atoms with Gasteiger partial charge in [-0.15, -0.1) is 0 Å². The number of aromatic amines is 1. The van der Waals surface area contributed by atoms with Crippen molar-refractivity contribution in [3.8, 4) is 0 Å². The molecule has 4 N–H and O–H groups in total. The van der Waals surface area contributed by atoms with Crippen molar-refractivity contribution >= 4 is 5.82 Å². The summed E-state index contributed by atoms with van der Waals surface area (Å²) in [5, 5.41) is 3.24. The predicted molar refractivity (Wildman–Crippen MR) is 70.3 cm³/mol. The molecule has 1 heterocycles. The van der Waals surface area contributed by atoms with Gasteiger partial charge in [-0.1, -0.05) is 13.8 Å². The lowest BCUT2D eigenvalue weighted by Crippen LogP contribution is -2.34. The summed E-state index contributed by atoms with van der Waals surface area (Å²) in [6.45, 7) is 8.66. The van der Waals surface area contributed by atoms with Gasteiger partial charge in [-0.25, -0.2) is 4.98 Å². The van der Waals surface area contributed by atoms with Crippen molar-refractivity contribution in [1.29, 1.82) is 0 Å². The first-order chi connectivity index (χ1) is 7.84. The molecule has 17 heavy (non-hydrogen) atoms. The molecule has 5 nitrogen and oxygen atoms in total.